The second kappa shape index (κ2) is 5.33. The van der Waals surface area contributed by atoms with Crippen molar-refractivity contribution in [3.63, 3.8) is 0 Å². The molecule has 0 aliphatic heterocycles. The van der Waals surface area contributed by atoms with Crippen LogP contribution in [-0.4, -0.2) is 0 Å². The molecule has 0 atom stereocenters. The number of anilines is 1. The monoisotopic (exact) mass is 220 g/mol. The standard InChI is InChI=1S/C8H11N2.Rb/c1-6-3-2-4-8(10)7(6)5-9;/h2-4H,1,5,9-10H2;/q-1;+1. The van der Waals surface area contributed by atoms with Crippen molar-refractivity contribution in [2.24, 2.45) is 5.73 Å². The largest absolute Gasteiger partial charge is 1.00 e. The van der Waals surface area contributed by atoms with Crippen molar-refractivity contribution in [2.75, 3.05) is 5.73 Å². The molecule has 0 radical (unpaired) electrons. The van der Waals surface area contributed by atoms with Gasteiger partial charge in [0.1, 0.15) is 0 Å². The van der Waals surface area contributed by atoms with Gasteiger partial charge in [-0.2, -0.15) is 18.6 Å². The van der Waals surface area contributed by atoms with Gasteiger partial charge in [-0.3, -0.25) is 0 Å². The summed E-state index contributed by atoms with van der Waals surface area (Å²) < 4.78 is 0. The molecule has 0 bridgehead atoms. The van der Waals surface area contributed by atoms with Crippen LogP contribution in [0.25, 0.3) is 0 Å². The number of hydrogen-bond donors (Lipinski definition) is 2. The first-order valence-corrected chi connectivity index (χ1v) is 3.15. The van der Waals surface area contributed by atoms with Crippen molar-refractivity contribution in [2.45, 2.75) is 6.54 Å². The number of benzene rings is 1. The van der Waals surface area contributed by atoms with Gasteiger partial charge in [-0.25, -0.2) is 0 Å². The van der Waals surface area contributed by atoms with Gasteiger partial charge in [-0.1, -0.05) is 6.07 Å². The molecule has 0 aliphatic carbocycles. The van der Waals surface area contributed by atoms with Crippen molar-refractivity contribution in [3.8, 4) is 0 Å². The summed E-state index contributed by atoms with van der Waals surface area (Å²) in [5.74, 6) is 0. The summed E-state index contributed by atoms with van der Waals surface area (Å²) in [6.07, 6.45) is 0. The molecule has 2 nitrogen and oxygen atoms in total. The molecule has 1 rings (SSSR count). The molecule has 0 aromatic heterocycles. The van der Waals surface area contributed by atoms with Gasteiger partial charge in [-0.15, -0.1) is 11.6 Å². The number of hydrogen-bond acceptors (Lipinski definition) is 2. The van der Waals surface area contributed by atoms with E-state index in [1.165, 1.54) is 0 Å². The van der Waals surface area contributed by atoms with Crippen molar-refractivity contribution in [1.82, 2.24) is 0 Å². The third-order valence-electron chi connectivity index (χ3n) is 1.51. The fourth-order valence-electron chi connectivity index (χ4n) is 0.903. The second-order valence-electron chi connectivity index (χ2n) is 2.19. The minimum Gasteiger partial charge on any atom is -0.408 e. The predicted molar refractivity (Wildman–Crippen MR) is 43.2 cm³/mol. The Bertz CT molecular complexity index is 215. The molecule has 0 unspecified atom stereocenters. The van der Waals surface area contributed by atoms with Gasteiger partial charge in [0.2, 0.25) is 0 Å². The summed E-state index contributed by atoms with van der Waals surface area (Å²) >= 11 is 0. The van der Waals surface area contributed by atoms with Gasteiger partial charge in [0.25, 0.3) is 0 Å². The quantitative estimate of drug-likeness (QED) is 0.422. The Kier molecular flexibility index (Phi) is 5.64. The Morgan fingerprint density at radius 1 is 1.36 bits per heavy atom. The van der Waals surface area contributed by atoms with Gasteiger partial charge in [0.05, 0.1) is 0 Å². The van der Waals surface area contributed by atoms with E-state index in [4.69, 9.17) is 11.5 Å². The maximum atomic E-state index is 5.61. The van der Waals surface area contributed by atoms with E-state index in [9.17, 15) is 0 Å². The molecule has 11 heavy (non-hydrogen) atoms. The van der Waals surface area contributed by atoms with E-state index in [-0.39, 0.29) is 58.2 Å². The average Bonchev–Trinajstić information content (AvgIpc) is 1.88. The van der Waals surface area contributed by atoms with E-state index in [2.05, 4.69) is 6.92 Å². The topological polar surface area (TPSA) is 52.0 Å². The molecule has 1 aromatic rings. The summed E-state index contributed by atoms with van der Waals surface area (Å²) in [4.78, 5) is 0. The van der Waals surface area contributed by atoms with E-state index in [1.54, 1.807) is 0 Å². The molecule has 0 aliphatic rings. The number of rotatable bonds is 1. The van der Waals surface area contributed by atoms with Crippen LogP contribution in [0.5, 0.6) is 0 Å². The van der Waals surface area contributed by atoms with Crippen LogP contribution in [0.3, 0.4) is 0 Å². The predicted octanol–water partition coefficient (Wildman–Crippen LogP) is -2.09. The molecule has 0 amide bonds. The first-order chi connectivity index (χ1) is 4.75. The van der Waals surface area contributed by atoms with Crippen LogP contribution < -0.4 is 69.7 Å². The minimum atomic E-state index is 0. The Labute approximate surface area is 116 Å². The van der Waals surface area contributed by atoms with E-state index >= 15 is 0 Å². The Balaban J connectivity index is 0.000001000. The summed E-state index contributed by atoms with van der Waals surface area (Å²) in [5, 5.41) is 0. The van der Waals surface area contributed by atoms with Gasteiger partial charge in [0, 0.05) is 0 Å². The Morgan fingerprint density at radius 2 is 2.00 bits per heavy atom. The molecule has 0 spiro atoms. The van der Waals surface area contributed by atoms with E-state index in [0.29, 0.717) is 6.54 Å². The Hall–Kier alpha value is 0.655. The molecule has 4 N–H and O–H groups in total. The van der Waals surface area contributed by atoms with Crippen LogP contribution >= 0.6 is 0 Å². The van der Waals surface area contributed by atoms with Crippen LogP contribution in [-0.2, 0) is 6.54 Å². The van der Waals surface area contributed by atoms with Crippen LogP contribution in [0.2, 0.25) is 0 Å². The zero-order valence-electron chi connectivity index (χ0n) is 6.80. The van der Waals surface area contributed by atoms with Crippen molar-refractivity contribution < 1.29 is 58.2 Å². The van der Waals surface area contributed by atoms with Crippen molar-refractivity contribution in [1.29, 1.82) is 0 Å². The molecule has 0 saturated heterocycles. The number of nitrogens with two attached hydrogens (primary N) is 2. The first-order valence-electron chi connectivity index (χ1n) is 3.15. The molecular formula is C8H11N2Rb. The van der Waals surface area contributed by atoms with Gasteiger partial charge >= 0.3 is 58.2 Å². The fourth-order valence-corrected chi connectivity index (χ4v) is 0.903. The normalized spacial score (nSPS) is 8.82. The van der Waals surface area contributed by atoms with E-state index in [1.807, 2.05) is 18.2 Å². The molecule has 0 heterocycles. The summed E-state index contributed by atoms with van der Waals surface area (Å²) in [7, 11) is 0. The van der Waals surface area contributed by atoms with Crippen LogP contribution in [0.4, 0.5) is 5.69 Å². The van der Waals surface area contributed by atoms with Gasteiger partial charge in [0.15, 0.2) is 0 Å². The summed E-state index contributed by atoms with van der Waals surface area (Å²) in [5.41, 5.74) is 13.6. The van der Waals surface area contributed by atoms with Gasteiger partial charge < -0.3 is 11.5 Å². The third-order valence-corrected chi connectivity index (χ3v) is 1.51. The second-order valence-corrected chi connectivity index (χ2v) is 2.19. The smallest absolute Gasteiger partial charge is 0.408 e. The Morgan fingerprint density at radius 3 is 2.36 bits per heavy atom. The average molecular weight is 221 g/mol. The SMILES string of the molecule is [CH2-]c1cccc(N)c1CN.[Rb+]. The minimum absolute atomic E-state index is 0. The number of nitrogen functional groups attached to an aromatic ring is 1. The van der Waals surface area contributed by atoms with E-state index < -0.39 is 0 Å². The first kappa shape index (κ1) is 11.7. The summed E-state index contributed by atoms with van der Waals surface area (Å²) in [6, 6.07) is 5.60. The van der Waals surface area contributed by atoms with Crippen LogP contribution in [0.1, 0.15) is 11.1 Å². The maximum Gasteiger partial charge on any atom is 1.00 e. The van der Waals surface area contributed by atoms with Crippen molar-refractivity contribution >= 4 is 5.69 Å². The third kappa shape index (κ3) is 2.88. The van der Waals surface area contributed by atoms with Crippen LogP contribution in [0.15, 0.2) is 18.2 Å². The summed E-state index contributed by atoms with van der Waals surface area (Å²) in [6.45, 7) is 4.26. The van der Waals surface area contributed by atoms with Crippen molar-refractivity contribution in [3.05, 3.63) is 36.2 Å². The maximum absolute atomic E-state index is 5.61. The fraction of sp³-hybridized carbons (Fsp3) is 0.125. The molecule has 3 heteroatoms. The molecular weight excluding hydrogens is 210 g/mol. The van der Waals surface area contributed by atoms with Gasteiger partial charge in [-0.05, 0) is 12.2 Å². The van der Waals surface area contributed by atoms with E-state index in [0.717, 1.165) is 16.8 Å². The molecule has 1 aromatic carbocycles. The van der Waals surface area contributed by atoms with Crippen LogP contribution in [0, 0.1) is 6.92 Å². The molecule has 0 saturated carbocycles. The zero-order valence-corrected chi connectivity index (χ0v) is 11.7. The molecule has 0 fully saturated rings. The zero-order chi connectivity index (χ0) is 7.56. The molecule has 54 valence electrons.